The van der Waals surface area contributed by atoms with Gasteiger partial charge in [-0.25, -0.2) is 0 Å². The number of nitrogens with one attached hydrogen (secondary N) is 1. The number of hydrogen-bond donors (Lipinski definition) is 1. The minimum absolute atomic E-state index is 0.369. The zero-order valence-corrected chi connectivity index (χ0v) is 27.1. The smallest absolute Gasteiger partial charge is 0.0991 e. The van der Waals surface area contributed by atoms with Gasteiger partial charge in [0.2, 0.25) is 0 Å². The second-order valence-corrected chi connectivity index (χ2v) is 11.7. The lowest BCUT2D eigenvalue weighted by molar-refractivity contribution is 0.765. The molecule has 0 saturated heterocycles. The molecule has 0 aromatic heterocycles. The second kappa shape index (κ2) is 14.0. The number of anilines is 1. The van der Waals surface area contributed by atoms with Crippen LogP contribution in [0.25, 0.3) is 32.3 Å². The van der Waals surface area contributed by atoms with Gasteiger partial charge in [-0.05, 0) is 74.0 Å². The molecule has 8 heteroatoms. The van der Waals surface area contributed by atoms with Crippen LogP contribution in [0.3, 0.4) is 0 Å². The van der Waals surface area contributed by atoms with Crippen LogP contribution in [-0.4, -0.2) is 6.04 Å². The molecule has 7 aromatic rings. The van der Waals surface area contributed by atoms with Crippen molar-refractivity contribution < 1.29 is 0 Å². The van der Waals surface area contributed by atoms with E-state index >= 15 is 0 Å². The van der Waals surface area contributed by atoms with E-state index in [4.69, 9.17) is 20.6 Å². The summed E-state index contributed by atoms with van der Waals surface area (Å²) >= 11 is 0. The number of azo groups is 3. The topological polar surface area (TPSA) is 110 Å². The molecule has 49 heavy (non-hydrogen) atoms. The fraction of sp³-hybridized carbons (Fsp3) is 0.0976. The molecule has 0 radical (unpaired) electrons. The molecule has 0 saturated carbocycles. The number of nitriles is 1. The zero-order chi connectivity index (χ0) is 33.6. The number of benzene rings is 7. The highest BCUT2D eigenvalue weighted by Gasteiger charge is 2.10. The molecule has 7 rings (SSSR count). The van der Waals surface area contributed by atoms with Gasteiger partial charge in [-0.2, -0.15) is 10.4 Å². The van der Waals surface area contributed by atoms with E-state index < -0.39 is 0 Å². The maximum Gasteiger partial charge on any atom is 0.0991 e. The first-order chi connectivity index (χ1) is 24.1. The van der Waals surface area contributed by atoms with Crippen molar-refractivity contribution in [1.82, 2.24) is 0 Å². The predicted molar refractivity (Wildman–Crippen MR) is 199 cm³/mol. The van der Waals surface area contributed by atoms with E-state index in [1.165, 1.54) is 0 Å². The molecule has 0 aliphatic rings. The van der Waals surface area contributed by atoms with Gasteiger partial charge in [0.05, 0.1) is 45.8 Å². The van der Waals surface area contributed by atoms with E-state index in [9.17, 15) is 0 Å². The molecule has 1 N–H and O–H groups in total. The van der Waals surface area contributed by atoms with E-state index in [2.05, 4.69) is 58.8 Å². The summed E-state index contributed by atoms with van der Waals surface area (Å²) in [6.07, 6.45) is 1.04. The first-order valence-corrected chi connectivity index (χ1v) is 16.2. The third kappa shape index (κ3) is 6.64. The maximum absolute atomic E-state index is 9.05. The average Bonchev–Trinajstić information content (AvgIpc) is 3.16. The van der Waals surface area contributed by atoms with Crippen molar-refractivity contribution in [2.45, 2.75) is 26.3 Å². The van der Waals surface area contributed by atoms with Crippen LogP contribution < -0.4 is 5.32 Å². The molecule has 0 amide bonds. The van der Waals surface area contributed by atoms with Gasteiger partial charge in [0.1, 0.15) is 0 Å². The van der Waals surface area contributed by atoms with Crippen molar-refractivity contribution in [2.24, 2.45) is 30.7 Å². The first kappa shape index (κ1) is 31.0. The summed E-state index contributed by atoms with van der Waals surface area (Å²) in [5.74, 6) is 0. The lowest BCUT2D eigenvalue weighted by Gasteiger charge is -2.15. The summed E-state index contributed by atoms with van der Waals surface area (Å²) < 4.78 is 0. The van der Waals surface area contributed by atoms with Crippen LogP contribution in [0.15, 0.2) is 164 Å². The zero-order valence-electron chi connectivity index (χ0n) is 27.1. The molecule has 0 aliphatic carbocycles. The molecular formula is C41H32N8. The van der Waals surface area contributed by atoms with E-state index in [0.717, 1.165) is 67.2 Å². The van der Waals surface area contributed by atoms with Gasteiger partial charge in [0.15, 0.2) is 0 Å². The number of hydrogen-bond acceptors (Lipinski definition) is 8. The Bertz CT molecular complexity index is 2440. The number of nitrogens with zero attached hydrogens (tertiary/aromatic N) is 7. The minimum Gasteiger partial charge on any atom is -0.382 e. The van der Waals surface area contributed by atoms with Crippen LogP contribution in [-0.2, 0) is 0 Å². The van der Waals surface area contributed by atoms with Gasteiger partial charge < -0.3 is 5.32 Å². The summed E-state index contributed by atoms with van der Waals surface area (Å²) in [7, 11) is 0. The Morgan fingerprint density at radius 3 is 1.27 bits per heavy atom. The molecule has 0 bridgehead atoms. The Labute approximate surface area is 284 Å². The van der Waals surface area contributed by atoms with E-state index in [-0.39, 0.29) is 0 Å². The van der Waals surface area contributed by atoms with E-state index in [0.29, 0.717) is 23.0 Å². The van der Waals surface area contributed by atoms with Crippen LogP contribution in [0.4, 0.5) is 39.8 Å². The van der Waals surface area contributed by atoms with E-state index in [1.807, 2.05) is 91.0 Å². The van der Waals surface area contributed by atoms with Crippen LogP contribution in [0.1, 0.15) is 25.8 Å². The van der Waals surface area contributed by atoms with Crippen LogP contribution in [0.5, 0.6) is 0 Å². The fourth-order valence-corrected chi connectivity index (χ4v) is 5.68. The summed E-state index contributed by atoms with van der Waals surface area (Å²) in [5, 5.41) is 46.2. The van der Waals surface area contributed by atoms with Gasteiger partial charge in [-0.1, -0.05) is 79.7 Å². The fourth-order valence-electron chi connectivity index (χ4n) is 5.68. The molecule has 0 spiro atoms. The van der Waals surface area contributed by atoms with Crippen molar-refractivity contribution in [1.29, 1.82) is 5.26 Å². The van der Waals surface area contributed by atoms with Crippen molar-refractivity contribution in [3.8, 4) is 6.07 Å². The summed E-state index contributed by atoms with van der Waals surface area (Å²) in [6, 6.07) is 45.5. The normalized spacial score (nSPS) is 12.4. The lowest BCUT2D eigenvalue weighted by Crippen LogP contribution is -2.13. The van der Waals surface area contributed by atoms with Crippen LogP contribution in [0, 0.1) is 11.3 Å². The summed E-state index contributed by atoms with van der Waals surface area (Å²) in [5.41, 5.74) is 6.08. The monoisotopic (exact) mass is 636 g/mol. The van der Waals surface area contributed by atoms with Gasteiger partial charge in [0.25, 0.3) is 0 Å². The van der Waals surface area contributed by atoms with Gasteiger partial charge in [0, 0.05) is 44.0 Å². The van der Waals surface area contributed by atoms with Crippen molar-refractivity contribution >= 4 is 72.1 Å². The number of rotatable bonds is 9. The Hall–Kier alpha value is -6.59. The molecule has 1 unspecified atom stereocenters. The Kier molecular flexibility index (Phi) is 8.89. The average molecular weight is 637 g/mol. The van der Waals surface area contributed by atoms with Gasteiger partial charge in [-0.3, -0.25) is 0 Å². The molecule has 0 aliphatic heterocycles. The Morgan fingerprint density at radius 1 is 0.490 bits per heavy atom. The van der Waals surface area contributed by atoms with Gasteiger partial charge >= 0.3 is 0 Å². The molecule has 0 fully saturated rings. The first-order valence-electron chi connectivity index (χ1n) is 16.2. The van der Waals surface area contributed by atoms with Crippen molar-refractivity contribution in [3.05, 3.63) is 139 Å². The second-order valence-electron chi connectivity index (χ2n) is 11.7. The largest absolute Gasteiger partial charge is 0.382 e. The highest BCUT2D eigenvalue weighted by Crippen LogP contribution is 2.39. The highest BCUT2D eigenvalue weighted by molar-refractivity contribution is 6.02. The quantitative estimate of drug-likeness (QED) is 0.159. The molecular weight excluding hydrogens is 605 g/mol. The minimum atomic E-state index is 0.369. The predicted octanol–water partition coefficient (Wildman–Crippen LogP) is 13.5. The highest BCUT2D eigenvalue weighted by atomic mass is 15.1. The van der Waals surface area contributed by atoms with Crippen molar-refractivity contribution in [3.63, 3.8) is 0 Å². The molecule has 236 valence electrons. The SMILES string of the molecule is CCC(C)Nc1ccc(N=Nc2ccc(N=Nc3ccc(N=Nc4ccc(C#N)cc4)c4ccccc34)c3ccccc23)c2ccccc12. The molecule has 8 nitrogen and oxygen atoms in total. The third-order valence-electron chi connectivity index (χ3n) is 8.47. The van der Waals surface area contributed by atoms with Crippen LogP contribution >= 0.6 is 0 Å². The van der Waals surface area contributed by atoms with Crippen LogP contribution in [0.2, 0.25) is 0 Å². The summed E-state index contributed by atoms with van der Waals surface area (Å²) in [6.45, 7) is 4.36. The summed E-state index contributed by atoms with van der Waals surface area (Å²) in [4.78, 5) is 0. The maximum atomic E-state index is 9.05. The van der Waals surface area contributed by atoms with Gasteiger partial charge in [-0.15, -0.1) is 25.6 Å². The molecule has 7 aromatic carbocycles. The molecule has 0 heterocycles. The Morgan fingerprint density at radius 2 is 0.857 bits per heavy atom. The standard InChI is InChI=1S/C41H32N8/c1-3-27(2)43-36-20-21-38(31-11-5-4-10-30(31)36)46-47-40-24-25-41(35-15-9-8-14-34(35)40)49-48-39-23-22-37(32-12-6-7-13-33(32)39)45-44-29-18-16-28(26-42)17-19-29/h4-25,27,43H,3H2,1-2H3. The molecule has 1 atom stereocenters. The third-order valence-corrected chi connectivity index (χ3v) is 8.47. The van der Waals surface area contributed by atoms with E-state index in [1.54, 1.807) is 24.3 Å². The number of fused-ring (bicyclic) bond motifs is 3. The Balaban J connectivity index is 1.19. The lowest BCUT2D eigenvalue weighted by atomic mass is 10.1. The van der Waals surface area contributed by atoms with Crippen molar-refractivity contribution in [2.75, 3.05) is 5.32 Å².